The van der Waals surface area contributed by atoms with Crippen LogP contribution in [-0.4, -0.2) is 210 Å². The lowest BCUT2D eigenvalue weighted by Gasteiger charge is -2.09. The second-order valence-corrected chi connectivity index (χ2v) is 15.2. The van der Waals surface area contributed by atoms with Crippen molar-refractivity contribution in [2.45, 2.75) is 110 Å². The summed E-state index contributed by atoms with van der Waals surface area (Å²) in [5.74, 6) is 0. The van der Waals surface area contributed by atoms with Crippen LogP contribution in [0.3, 0.4) is 0 Å². The zero-order valence-electron chi connectivity index (χ0n) is 40.8. The summed E-state index contributed by atoms with van der Waals surface area (Å²) in [6.45, 7) is 18.0. The first-order chi connectivity index (χ1) is 31.9. The summed E-state index contributed by atoms with van der Waals surface area (Å²) >= 11 is 0. The predicted octanol–water partition coefficient (Wildman–Crippen LogP) is 6.49. The third-order valence-corrected chi connectivity index (χ3v) is 9.59. The summed E-state index contributed by atoms with van der Waals surface area (Å²) in [4.78, 5) is 0. The molecular weight excluding hydrogens is 833 g/mol. The fourth-order valence-electron chi connectivity index (χ4n) is 6.00. The number of hydrogen-bond donors (Lipinski definition) is 1. The van der Waals surface area contributed by atoms with Crippen LogP contribution in [0.1, 0.15) is 110 Å². The molecule has 16 heteroatoms. The summed E-state index contributed by atoms with van der Waals surface area (Å²) in [5.41, 5.74) is 0. The Balaban J connectivity index is 3.06. The van der Waals surface area contributed by atoms with Gasteiger partial charge >= 0.3 is 0 Å². The number of hydrogen-bond acceptors (Lipinski definition) is 16. The minimum atomic E-state index is 0.0237. The molecule has 0 aromatic rings. The Morgan fingerprint density at radius 1 is 0.172 bits per heavy atom. The molecule has 0 aliphatic rings. The number of aliphatic hydroxyl groups excluding tert-OH is 1. The van der Waals surface area contributed by atoms with Gasteiger partial charge in [-0.25, -0.2) is 0 Å². The molecule has 1 N–H and O–H groups in total. The van der Waals surface area contributed by atoms with E-state index in [2.05, 4.69) is 6.92 Å². The monoisotopic (exact) mass is 931 g/mol. The lowest BCUT2D eigenvalue weighted by Crippen LogP contribution is -2.15. The third kappa shape index (κ3) is 61.4. The summed E-state index contributed by atoms with van der Waals surface area (Å²) in [7, 11) is 0. The maximum Gasteiger partial charge on any atom is 0.0701 e. The molecule has 0 unspecified atom stereocenters. The van der Waals surface area contributed by atoms with Crippen LogP contribution in [0.5, 0.6) is 0 Å². The Morgan fingerprint density at radius 2 is 0.312 bits per heavy atom. The Bertz CT molecular complexity index is 728. The fraction of sp³-hybridized carbons (Fsp3) is 1.00. The van der Waals surface area contributed by atoms with Crippen molar-refractivity contribution in [1.82, 2.24) is 0 Å². The van der Waals surface area contributed by atoms with Gasteiger partial charge < -0.3 is 76.2 Å². The quantitative estimate of drug-likeness (QED) is 0.0660. The van der Waals surface area contributed by atoms with Gasteiger partial charge in [-0.05, 0) is 6.42 Å². The van der Waals surface area contributed by atoms with Crippen molar-refractivity contribution in [2.75, 3.05) is 205 Å². The van der Waals surface area contributed by atoms with Crippen LogP contribution in [-0.2, 0) is 71.1 Å². The molecule has 16 nitrogen and oxygen atoms in total. The molecule has 0 aliphatic heterocycles. The van der Waals surface area contributed by atoms with Crippen LogP contribution in [0.15, 0.2) is 0 Å². The highest BCUT2D eigenvalue weighted by atomic mass is 16.6. The van der Waals surface area contributed by atoms with E-state index in [-0.39, 0.29) is 6.61 Å². The molecule has 0 aromatic heterocycles. The molecule has 0 rings (SSSR count). The molecule has 0 amide bonds. The lowest BCUT2D eigenvalue weighted by molar-refractivity contribution is -0.0301. The summed E-state index contributed by atoms with van der Waals surface area (Å²) in [5, 5.41) is 8.60. The van der Waals surface area contributed by atoms with Gasteiger partial charge in [0, 0.05) is 6.61 Å². The van der Waals surface area contributed by atoms with Gasteiger partial charge in [-0.15, -0.1) is 0 Å². The number of ether oxygens (including phenoxy) is 15. The molecule has 0 saturated carbocycles. The largest absolute Gasteiger partial charge is 0.394 e. The van der Waals surface area contributed by atoms with Crippen molar-refractivity contribution in [2.24, 2.45) is 0 Å². The summed E-state index contributed by atoms with van der Waals surface area (Å²) < 4.78 is 82.3. The minimum absolute atomic E-state index is 0.0237. The second-order valence-electron chi connectivity index (χ2n) is 15.2. The van der Waals surface area contributed by atoms with E-state index in [1.807, 2.05) is 0 Å². The zero-order valence-corrected chi connectivity index (χ0v) is 40.8. The highest BCUT2D eigenvalue weighted by Crippen LogP contribution is 2.13. The summed E-state index contributed by atoms with van der Waals surface area (Å²) in [6, 6.07) is 0. The first-order valence-electron chi connectivity index (χ1n) is 25.2. The van der Waals surface area contributed by atoms with Gasteiger partial charge in [-0.1, -0.05) is 103 Å². The van der Waals surface area contributed by atoms with Crippen molar-refractivity contribution < 1.29 is 76.2 Å². The average molecular weight is 931 g/mol. The van der Waals surface area contributed by atoms with E-state index >= 15 is 0 Å². The van der Waals surface area contributed by atoms with Gasteiger partial charge in [-0.3, -0.25) is 0 Å². The van der Waals surface area contributed by atoms with Gasteiger partial charge in [0.2, 0.25) is 0 Å². The van der Waals surface area contributed by atoms with Gasteiger partial charge in [0.05, 0.1) is 198 Å². The molecule has 0 spiro atoms. The molecule has 386 valence electrons. The Hall–Kier alpha value is -0.640. The predicted molar refractivity (Wildman–Crippen MR) is 249 cm³/mol. The molecule has 0 bridgehead atoms. The standard InChI is InChI=1S/C48H98O16/c1-2-3-4-5-6-7-8-9-10-11-12-13-14-15-16-17-19-50-21-23-52-25-27-54-29-31-56-33-35-58-37-39-60-41-43-62-45-47-64-48-46-63-44-42-61-40-38-59-36-34-57-32-30-55-28-26-53-24-22-51-20-18-49/h49H,2-48H2,1H3. The maximum atomic E-state index is 8.60. The molecule has 0 heterocycles. The highest BCUT2D eigenvalue weighted by molar-refractivity contribution is 4.50. The average Bonchev–Trinajstić information content (AvgIpc) is 3.31. The molecule has 0 atom stereocenters. The first kappa shape index (κ1) is 63.4. The van der Waals surface area contributed by atoms with Gasteiger partial charge in [0.25, 0.3) is 0 Å². The van der Waals surface area contributed by atoms with Crippen molar-refractivity contribution in [3.8, 4) is 0 Å². The van der Waals surface area contributed by atoms with E-state index in [1.54, 1.807) is 0 Å². The molecule has 0 aromatic carbocycles. The topological polar surface area (TPSA) is 159 Å². The Morgan fingerprint density at radius 3 is 0.484 bits per heavy atom. The number of rotatable bonds is 61. The molecule has 0 aliphatic carbocycles. The van der Waals surface area contributed by atoms with E-state index in [4.69, 9.17) is 76.2 Å². The normalized spacial score (nSPS) is 11.7. The fourth-order valence-corrected chi connectivity index (χ4v) is 6.00. The van der Waals surface area contributed by atoms with Crippen LogP contribution in [0.2, 0.25) is 0 Å². The van der Waals surface area contributed by atoms with E-state index in [9.17, 15) is 0 Å². The van der Waals surface area contributed by atoms with E-state index in [0.717, 1.165) is 13.0 Å². The zero-order chi connectivity index (χ0) is 45.8. The van der Waals surface area contributed by atoms with Gasteiger partial charge in [0.15, 0.2) is 0 Å². The van der Waals surface area contributed by atoms with Crippen molar-refractivity contribution in [3.63, 3.8) is 0 Å². The number of unbranched alkanes of at least 4 members (excludes halogenated alkanes) is 15. The van der Waals surface area contributed by atoms with Gasteiger partial charge in [-0.2, -0.15) is 0 Å². The molecule has 64 heavy (non-hydrogen) atoms. The first-order valence-corrected chi connectivity index (χ1v) is 25.2. The van der Waals surface area contributed by atoms with Crippen LogP contribution >= 0.6 is 0 Å². The van der Waals surface area contributed by atoms with E-state index in [0.29, 0.717) is 192 Å². The molecule has 0 fully saturated rings. The van der Waals surface area contributed by atoms with Crippen LogP contribution in [0.25, 0.3) is 0 Å². The third-order valence-electron chi connectivity index (χ3n) is 9.59. The minimum Gasteiger partial charge on any atom is -0.394 e. The van der Waals surface area contributed by atoms with Crippen LogP contribution in [0, 0.1) is 0 Å². The smallest absolute Gasteiger partial charge is 0.0701 e. The Kier molecular flexibility index (Phi) is 61.7. The maximum absolute atomic E-state index is 8.60. The SMILES string of the molecule is CCCCCCCCCCCCCCCCCCOCCOCCOCCOCCOCCOCCOCCOCCOCCOCCOCCOCCOCCOCCOCCO. The number of aliphatic hydroxyl groups is 1. The Labute approximate surface area is 389 Å². The van der Waals surface area contributed by atoms with Crippen molar-refractivity contribution in [1.29, 1.82) is 0 Å². The molecule has 0 saturated heterocycles. The van der Waals surface area contributed by atoms with E-state index in [1.165, 1.54) is 96.3 Å². The van der Waals surface area contributed by atoms with Crippen LogP contribution < -0.4 is 0 Å². The van der Waals surface area contributed by atoms with Crippen molar-refractivity contribution in [3.05, 3.63) is 0 Å². The molecular formula is C48H98O16. The second kappa shape index (κ2) is 62.4. The summed E-state index contributed by atoms with van der Waals surface area (Å²) in [6.07, 6.45) is 22.1. The van der Waals surface area contributed by atoms with Crippen LogP contribution in [0.4, 0.5) is 0 Å². The molecule has 0 radical (unpaired) electrons. The highest BCUT2D eigenvalue weighted by Gasteiger charge is 1.99. The lowest BCUT2D eigenvalue weighted by atomic mass is 10.0. The van der Waals surface area contributed by atoms with E-state index < -0.39 is 0 Å². The van der Waals surface area contributed by atoms with Crippen molar-refractivity contribution >= 4 is 0 Å². The van der Waals surface area contributed by atoms with Gasteiger partial charge in [0.1, 0.15) is 0 Å².